The van der Waals surface area contributed by atoms with Gasteiger partial charge in [0.2, 0.25) is 5.91 Å². The highest BCUT2D eigenvalue weighted by Crippen LogP contribution is 2.41. The maximum absolute atomic E-state index is 12.8. The van der Waals surface area contributed by atoms with E-state index in [1.807, 2.05) is 59.6 Å². The summed E-state index contributed by atoms with van der Waals surface area (Å²) >= 11 is 8.75. The van der Waals surface area contributed by atoms with E-state index in [0.29, 0.717) is 30.5 Å². The summed E-state index contributed by atoms with van der Waals surface area (Å²) in [7, 11) is 1.84. The predicted octanol–water partition coefficient (Wildman–Crippen LogP) is 6.49. The van der Waals surface area contributed by atoms with Crippen LogP contribution < -0.4 is 5.32 Å². The third-order valence-electron chi connectivity index (χ3n) is 9.06. The number of carbonyl (C=O) groups is 1. The first-order valence-corrected chi connectivity index (χ1v) is 17.2. The number of benzene rings is 2. The van der Waals surface area contributed by atoms with Crippen LogP contribution in [0.15, 0.2) is 60.9 Å². The number of nitrogens with zero attached hydrogens (tertiary/aromatic N) is 6. The number of thiazole rings is 1. The van der Waals surface area contributed by atoms with Crippen LogP contribution in [0.1, 0.15) is 34.5 Å². The number of rotatable bonds is 10. The maximum Gasteiger partial charge on any atom is 0.237 e. The SMILES string of the molecule is Cc1c(-c2nc3c(s2)CN(C(=O)CN(C)CCO)C3)cccc1-c1cccc(Nc2nccc3cc(CN4CCCC4)cnc23)c1Cl. The molecule has 2 aliphatic rings. The molecule has 0 aliphatic carbocycles. The Bertz CT molecular complexity index is 1920. The first kappa shape index (κ1) is 31.7. The summed E-state index contributed by atoms with van der Waals surface area (Å²) in [5, 5.41) is 15.2. The van der Waals surface area contributed by atoms with Gasteiger partial charge in [-0.2, -0.15) is 0 Å². The van der Waals surface area contributed by atoms with Gasteiger partial charge >= 0.3 is 0 Å². The van der Waals surface area contributed by atoms with Crippen molar-refractivity contribution in [1.29, 1.82) is 0 Å². The lowest BCUT2D eigenvalue weighted by Gasteiger charge is -2.20. The van der Waals surface area contributed by atoms with Crippen LogP contribution in [0.2, 0.25) is 5.02 Å². The largest absolute Gasteiger partial charge is 0.395 e. The van der Waals surface area contributed by atoms with Crippen LogP contribution in [0.4, 0.5) is 11.5 Å². The fourth-order valence-corrected chi connectivity index (χ4v) is 7.96. The number of likely N-dealkylation sites (tertiary alicyclic amines) is 1. The fraction of sp³-hybridized carbons (Fsp3) is 0.333. The first-order chi connectivity index (χ1) is 22.9. The average Bonchev–Trinajstić information content (AvgIpc) is 3.80. The number of hydrogen-bond acceptors (Lipinski definition) is 9. The molecule has 0 unspecified atom stereocenters. The van der Waals surface area contributed by atoms with E-state index in [4.69, 9.17) is 26.7 Å². The van der Waals surface area contributed by atoms with Gasteiger partial charge in [0.1, 0.15) is 10.5 Å². The molecule has 1 fully saturated rings. The van der Waals surface area contributed by atoms with Crippen LogP contribution in [0.3, 0.4) is 0 Å². The van der Waals surface area contributed by atoms with E-state index < -0.39 is 0 Å². The molecule has 47 heavy (non-hydrogen) atoms. The second-order valence-electron chi connectivity index (χ2n) is 12.4. The van der Waals surface area contributed by atoms with E-state index in [1.165, 1.54) is 18.4 Å². The van der Waals surface area contributed by atoms with Gasteiger partial charge < -0.3 is 15.3 Å². The zero-order chi connectivity index (χ0) is 32.5. The Labute approximate surface area is 283 Å². The third-order valence-corrected chi connectivity index (χ3v) is 10.6. The molecule has 2 aromatic carbocycles. The van der Waals surface area contributed by atoms with Crippen molar-refractivity contribution in [3.63, 3.8) is 0 Å². The number of halogens is 1. The highest BCUT2D eigenvalue weighted by Gasteiger charge is 2.28. The quantitative estimate of drug-likeness (QED) is 0.175. The average molecular weight is 668 g/mol. The molecular formula is C36H38ClN7O2S. The molecule has 2 aliphatic heterocycles. The van der Waals surface area contributed by atoms with Crippen LogP contribution in [0.5, 0.6) is 0 Å². The van der Waals surface area contributed by atoms with Gasteiger partial charge in [0.05, 0.1) is 42.6 Å². The molecule has 1 saturated heterocycles. The molecule has 0 atom stereocenters. The van der Waals surface area contributed by atoms with Crippen molar-refractivity contribution in [1.82, 2.24) is 29.7 Å². The lowest BCUT2D eigenvalue weighted by Crippen LogP contribution is -2.37. The summed E-state index contributed by atoms with van der Waals surface area (Å²) in [5.74, 6) is 0.718. The Morgan fingerprint density at radius 3 is 2.66 bits per heavy atom. The summed E-state index contributed by atoms with van der Waals surface area (Å²) in [5.41, 5.74) is 7.85. The van der Waals surface area contributed by atoms with Crippen LogP contribution in [0, 0.1) is 6.92 Å². The second-order valence-corrected chi connectivity index (χ2v) is 13.9. The molecule has 0 spiro atoms. The Morgan fingerprint density at radius 2 is 1.85 bits per heavy atom. The summed E-state index contributed by atoms with van der Waals surface area (Å²) < 4.78 is 0. The Morgan fingerprint density at radius 1 is 1.06 bits per heavy atom. The van der Waals surface area contributed by atoms with E-state index >= 15 is 0 Å². The Balaban J connectivity index is 1.11. The number of aromatic nitrogens is 3. The van der Waals surface area contributed by atoms with Gasteiger partial charge in [-0.25, -0.2) is 9.97 Å². The molecule has 242 valence electrons. The number of anilines is 2. The maximum atomic E-state index is 12.8. The molecule has 5 aromatic rings. The van der Waals surface area contributed by atoms with E-state index in [1.54, 1.807) is 11.3 Å². The van der Waals surface area contributed by atoms with E-state index in [0.717, 1.165) is 74.1 Å². The number of amides is 1. The summed E-state index contributed by atoms with van der Waals surface area (Å²) in [6.45, 7) is 7.19. The molecule has 0 radical (unpaired) electrons. The minimum atomic E-state index is 0.0329. The normalized spacial score (nSPS) is 14.8. The summed E-state index contributed by atoms with van der Waals surface area (Å²) in [4.78, 5) is 34.4. The zero-order valence-corrected chi connectivity index (χ0v) is 28.2. The number of fused-ring (bicyclic) bond motifs is 2. The number of hydrogen-bond donors (Lipinski definition) is 2. The highest BCUT2D eigenvalue weighted by atomic mass is 35.5. The fourth-order valence-electron chi connectivity index (χ4n) is 6.52. The molecule has 2 N–H and O–H groups in total. The third kappa shape index (κ3) is 6.61. The number of carbonyl (C=O) groups excluding carboxylic acids is 1. The molecular weight excluding hydrogens is 630 g/mol. The number of likely N-dealkylation sites (N-methyl/N-ethyl adjacent to an activating group) is 1. The van der Waals surface area contributed by atoms with Crippen molar-refractivity contribution < 1.29 is 9.90 Å². The number of aliphatic hydroxyl groups excluding tert-OH is 1. The number of pyridine rings is 2. The van der Waals surface area contributed by atoms with Crippen LogP contribution in [-0.2, 0) is 24.4 Å². The van der Waals surface area contributed by atoms with Crippen molar-refractivity contribution in [2.45, 2.75) is 39.4 Å². The molecule has 5 heterocycles. The standard InChI is InChI=1S/C36H38ClN7O2S/c1-23-26(7-5-8-27(23)36-41-30-20-44(21-31(30)47-36)32(46)22-42(2)15-16-45)28-9-6-10-29(33(28)37)40-35-34-25(11-12-38-35)17-24(18-39-34)19-43-13-3-4-14-43/h5-12,17-18,45H,3-4,13-16,19-22H2,1-2H3,(H,38,40). The Kier molecular flexibility index (Phi) is 9.20. The molecule has 7 rings (SSSR count). The van der Waals surface area contributed by atoms with Gasteiger partial charge in [0.25, 0.3) is 0 Å². The first-order valence-electron chi connectivity index (χ1n) is 16.1. The van der Waals surface area contributed by atoms with Gasteiger partial charge in [0, 0.05) is 46.9 Å². The minimum Gasteiger partial charge on any atom is -0.395 e. The van der Waals surface area contributed by atoms with Crippen LogP contribution >= 0.6 is 22.9 Å². The summed E-state index contributed by atoms with van der Waals surface area (Å²) in [6.07, 6.45) is 6.31. The van der Waals surface area contributed by atoms with Crippen molar-refractivity contribution in [3.8, 4) is 21.7 Å². The number of nitrogens with one attached hydrogen (secondary N) is 1. The molecule has 3 aromatic heterocycles. The van der Waals surface area contributed by atoms with Gasteiger partial charge in [-0.3, -0.25) is 19.6 Å². The van der Waals surface area contributed by atoms with Gasteiger partial charge in [0.15, 0.2) is 5.82 Å². The predicted molar refractivity (Wildman–Crippen MR) is 189 cm³/mol. The van der Waals surface area contributed by atoms with Crippen molar-refractivity contribution in [2.24, 2.45) is 0 Å². The summed E-state index contributed by atoms with van der Waals surface area (Å²) in [6, 6.07) is 16.5. The van der Waals surface area contributed by atoms with Crippen molar-refractivity contribution >= 4 is 51.3 Å². The lowest BCUT2D eigenvalue weighted by molar-refractivity contribution is -0.132. The zero-order valence-electron chi connectivity index (χ0n) is 26.7. The van der Waals surface area contributed by atoms with Gasteiger partial charge in [-0.1, -0.05) is 41.9 Å². The Hall–Kier alpha value is -3.93. The van der Waals surface area contributed by atoms with Gasteiger partial charge in [-0.15, -0.1) is 11.3 Å². The van der Waals surface area contributed by atoms with Crippen molar-refractivity contribution in [3.05, 3.63) is 87.6 Å². The monoisotopic (exact) mass is 667 g/mol. The van der Waals surface area contributed by atoms with Gasteiger partial charge in [-0.05, 0) is 74.8 Å². The van der Waals surface area contributed by atoms with Crippen LogP contribution in [0.25, 0.3) is 32.6 Å². The number of aliphatic hydroxyl groups is 1. The molecule has 0 bridgehead atoms. The lowest BCUT2D eigenvalue weighted by atomic mass is 9.96. The smallest absolute Gasteiger partial charge is 0.237 e. The van der Waals surface area contributed by atoms with Crippen molar-refractivity contribution in [2.75, 3.05) is 45.2 Å². The second kappa shape index (κ2) is 13.7. The topological polar surface area (TPSA) is 97.7 Å². The van der Waals surface area contributed by atoms with E-state index in [2.05, 4.69) is 40.3 Å². The van der Waals surface area contributed by atoms with E-state index in [9.17, 15) is 4.79 Å². The molecule has 0 saturated carbocycles. The minimum absolute atomic E-state index is 0.0329. The highest BCUT2D eigenvalue weighted by molar-refractivity contribution is 7.15. The van der Waals surface area contributed by atoms with E-state index in [-0.39, 0.29) is 19.1 Å². The van der Waals surface area contributed by atoms with Crippen LogP contribution in [-0.4, -0.2) is 80.5 Å². The molecule has 1 amide bonds. The molecule has 9 nitrogen and oxygen atoms in total. The molecule has 11 heteroatoms.